The number of hydrogen-bond acceptors (Lipinski definition) is 7. The van der Waals surface area contributed by atoms with Crippen LogP contribution in [0, 0.1) is 30.0 Å². The Balaban J connectivity index is 1.70. The van der Waals surface area contributed by atoms with Gasteiger partial charge in [-0.25, -0.2) is 14.4 Å². The first-order valence-corrected chi connectivity index (χ1v) is 9.99. The number of benzene rings is 2. The first-order valence-electron chi connectivity index (χ1n) is 9.99. The monoisotopic (exact) mass is 427 g/mol. The lowest BCUT2D eigenvalue weighted by molar-refractivity contribution is 0.210. The van der Waals surface area contributed by atoms with Gasteiger partial charge >= 0.3 is 0 Å². The third kappa shape index (κ3) is 2.96. The van der Waals surface area contributed by atoms with E-state index in [0.717, 1.165) is 10.9 Å². The number of aromatic nitrogens is 1. The summed E-state index contributed by atoms with van der Waals surface area (Å²) in [6.45, 7) is 1.97. The molecule has 2 atom stereocenters. The molecule has 0 radical (unpaired) electrons. The zero-order valence-corrected chi connectivity index (χ0v) is 17.1. The van der Waals surface area contributed by atoms with Gasteiger partial charge in [-0.1, -0.05) is 30.3 Å². The van der Waals surface area contributed by atoms with Crippen molar-refractivity contribution in [1.29, 1.82) is 5.26 Å². The minimum atomic E-state index is -0.556. The number of nitrogens with two attached hydrogens (primary N) is 1. The van der Waals surface area contributed by atoms with E-state index in [-0.39, 0.29) is 29.3 Å². The number of nitriles is 1. The summed E-state index contributed by atoms with van der Waals surface area (Å²) in [6.07, 6.45) is 0.784. The van der Waals surface area contributed by atoms with Crippen molar-refractivity contribution >= 4 is 28.7 Å². The number of aliphatic imine (C=N–C) groups is 2. The Kier molecular flexibility index (Phi) is 4.56. The SMILES string of the molecule is Cc1cccc2cc(CN3N=C(C#N)C4C(N)=NC=NC43)n(-c3ccccc3F)c(=O)c12. The lowest BCUT2D eigenvalue weighted by Gasteiger charge is -2.26. The fraction of sp³-hybridized carbons (Fsp3) is 0.174. The number of para-hydroxylation sites is 1. The molecule has 8 nitrogen and oxygen atoms in total. The van der Waals surface area contributed by atoms with Gasteiger partial charge in [0.05, 0.1) is 17.6 Å². The molecule has 158 valence electrons. The topological polar surface area (TPSA) is 112 Å². The minimum absolute atomic E-state index is 0.115. The van der Waals surface area contributed by atoms with Crippen molar-refractivity contribution in [2.45, 2.75) is 19.6 Å². The zero-order chi connectivity index (χ0) is 22.4. The lowest BCUT2D eigenvalue weighted by Crippen LogP contribution is -2.42. The van der Waals surface area contributed by atoms with Crippen LogP contribution in [0.4, 0.5) is 4.39 Å². The predicted molar refractivity (Wildman–Crippen MR) is 120 cm³/mol. The summed E-state index contributed by atoms with van der Waals surface area (Å²) in [5.74, 6) is -0.814. The van der Waals surface area contributed by atoms with Crippen molar-refractivity contribution in [2.75, 3.05) is 0 Å². The van der Waals surface area contributed by atoms with Crippen molar-refractivity contribution < 1.29 is 4.39 Å². The van der Waals surface area contributed by atoms with Gasteiger partial charge in [-0.3, -0.25) is 14.4 Å². The van der Waals surface area contributed by atoms with E-state index in [1.54, 1.807) is 23.2 Å². The quantitative estimate of drug-likeness (QED) is 0.692. The smallest absolute Gasteiger partial charge is 0.263 e. The first kappa shape index (κ1) is 19.6. The van der Waals surface area contributed by atoms with E-state index in [1.165, 1.54) is 17.0 Å². The molecule has 0 amide bonds. The fourth-order valence-corrected chi connectivity index (χ4v) is 4.27. The van der Waals surface area contributed by atoms with Crippen LogP contribution in [0.3, 0.4) is 0 Å². The van der Waals surface area contributed by atoms with Crippen molar-refractivity contribution in [3.8, 4) is 11.8 Å². The number of hydrogen-bond donors (Lipinski definition) is 1. The highest BCUT2D eigenvalue weighted by molar-refractivity contribution is 6.16. The number of nitrogens with zero attached hydrogens (tertiary/aromatic N) is 6. The van der Waals surface area contributed by atoms with E-state index in [1.807, 2.05) is 31.2 Å². The number of hydrazone groups is 1. The maximum atomic E-state index is 14.8. The normalized spacial score (nSPS) is 19.5. The number of halogens is 1. The van der Waals surface area contributed by atoms with Gasteiger partial charge in [0, 0.05) is 5.69 Å². The zero-order valence-electron chi connectivity index (χ0n) is 17.1. The Bertz CT molecular complexity index is 1450. The van der Waals surface area contributed by atoms with Gasteiger partial charge in [0.1, 0.15) is 30.0 Å². The molecule has 1 aromatic heterocycles. The average Bonchev–Trinajstić information content (AvgIpc) is 3.14. The molecule has 9 heteroatoms. The summed E-state index contributed by atoms with van der Waals surface area (Å²) in [5, 5.41) is 16.8. The molecule has 2 unspecified atom stereocenters. The second-order valence-corrected chi connectivity index (χ2v) is 7.67. The van der Waals surface area contributed by atoms with Crippen LogP contribution in [0.15, 0.2) is 68.4 Å². The van der Waals surface area contributed by atoms with Crippen LogP contribution in [0.5, 0.6) is 0 Å². The molecule has 2 aromatic carbocycles. The van der Waals surface area contributed by atoms with Crippen molar-refractivity contribution in [2.24, 2.45) is 26.7 Å². The van der Waals surface area contributed by atoms with Crippen LogP contribution in [0.25, 0.3) is 16.5 Å². The van der Waals surface area contributed by atoms with E-state index < -0.39 is 17.9 Å². The van der Waals surface area contributed by atoms with Gasteiger partial charge in [-0.05, 0) is 36.1 Å². The molecular weight excluding hydrogens is 409 g/mol. The molecule has 0 bridgehead atoms. The van der Waals surface area contributed by atoms with Gasteiger partial charge < -0.3 is 5.73 Å². The molecule has 2 N–H and O–H groups in total. The largest absolute Gasteiger partial charge is 0.386 e. The summed E-state index contributed by atoms with van der Waals surface area (Å²) >= 11 is 0. The summed E-state index contributed by atoms with van der Waals surface area (Å²) in [5.41, 5.74) is 7.32. The van der Waals surface area contributed by atoms with Gasteiger partial charge in [0.15, 0.2) is 11.9 Å². The minimum Gasteiger partial charge on any atom is -0.386 e. The average molecular weight is 427 g/mol. The molecule has 3 aromatic rings. The number of pyridine rings is 1. The van der Waals surface area contributed by atoms with Crippen LogP contribution in [0.2, 0.25) is 0 Å². The molecule has 0 fully saturated rings. The summed E-state index contributed by atoms with van der Waals surface area (Å²) < 4.78 is 16.2. The van der Waals surface area contributed by atoms with Crippen molar-refractivity contribution in [1.82, 2.24) is 9.58 Å². The summed E-state index contributed by atoms with van der Waals surface area (Å²) in [6, 6.07) is 15.6. The Hall–Kier alpha value is -4.32. The van der Waals surface area contributed by atoms with E-state index in [2.05, 4.69) is 21.2 Å². The maximum absolute atomic E-state index is 14.8. The molecule has 32 heavy (non-hydrogen) atoms. The highest BCUT2D eigenvalue weighted by atomic mass is 19.1. The molecule has 2 aliphatic heterocycles. The van der Waals surface area contributed by atoms with E-state index in [9.17, 15) is 14.4 Å². The molecule has 5 rings (SSSR count). The molecule has 0 aliphatic carbocycles. The third-order valence-electron chi connectivity index (χ3n) is 5.74. The highest BCUT2D eigenvalue weighted by Gasteiger charge is 2.41. The van der Waals surface area contributed by atoms with Gasteiger partial charge in [0.2, 0.25) is 0 Å². The Morgan fingerprint density at radius 1 is 1.22 bits per heavy atom. The van der Waals surface area contributed by atoms with E-state index >= 15 is 0 Å². The lowest BCUT2D eigenvalue weighted by atomic mass is 10.00. The second-order valence-electron chi connectivity index (χ2n) is 7.67. The number of amidine groups is 1. The molecule has 0 spiro atoms. The molecule has 0 saturated carbocycles. The maximum Gasteiger partial charge on any atom is 0.263 e. The number of rotatable bonds is 3. The number of aryl methyl sites for hydroxylation is 1. The van der Waals surface area contributed by atoms with Gasteiger partial charge in [-0.15, -0.1) is 0 Å². The van der Waals surface area contributed by atoms with Crippen molar-refractivity contribution in [3.05, 3.63) is 76.0 Å². The van der Waals surface area contributed by atoms with E-state index in [0.29, 0.717) is 11.1 Å². The Morgan fingerprint density at radius 3 is 2.81 bits per heavy atom. The van der Waals surface area contributed by atoms with Gasteiger partial charge in [0.25, 0.3) is 5.56 Å². The first-order chi connectivity index (χ1) is 15.5. The van der Waals surface area contributed by atoms with Crippen molar-refractivity contribution in [3.63, 3.8) is 0 Å². The standard InChI is InChI=1S/C23H18FN7O/c1-13-5-4-6-14-9-15(31(23(32)19(13)14)18-8-3-2-7-16(18)24)11-30-22-20(17(10-25)29-30)21(26)27-12-28-22/h2-9,12,20,22H,11H2,1H3,(H2,26,27,28). The van der Waals surface area contributed by atoms with Crippen LogP contribution >= 0.6 is 0 Å². The van der Waals surface area contributed by atoms with Crippen LogP contribution in [0.1, 0.15) is 11.3 Å². The predicted octanol–water partition coefficient (Wildman–Crippen LogP) is 2.47. The summed E-state index contributed by atoms with van der Waals surface area (Å²) in [7, 11) is 0. The fourth-order valence-electron chi connectivity index (χ4n) is 4.27. The third-order valence-corrected chi connectivity index (χ3v) is 5.74. The van der Waals surface area contributed by atoms with Crippen LogP contribution < -0.4 is 11.3 Å². The summed E-state index contributed by atoms with van der Waals surface area (Å²) in [4.78, 5) is 21.9. The second kappa shape index (κ2) is 7.42. The highest BCUT2D eigenvalue weighted by Crippen LogP contribution is 2.29. The number of fused-ring (bicyclic) bond motifs is 2. The molecule has 0 saturated heterocycles. The Labute approximate surface area is 182 Å². The van der Waals surface area contributed by atoms with Gasteiger partial charge in [-0.2, -0.15) is 10.4 Å². The Morgan fingerprint density at radius 2 is 2.03 bits per heavy atom. The molecule has 3 heterocycles. The van der Waals surface area contributed by atoms with E-state index in [4.69, 9.17) is 5.73 Å². The van der Waals surface area contributed by atoms with Crippen LogP contribution in [-0.4, -0.2) is 33.6 Å². The molecule has 2 aliphatic rings. The molecular formula is C23H18FN7O. The van der Waals surface area contributed by atoms with Crippen LogP contribution in [-0.2, 0) is 6.54 Å².